The van der Waals surface area contributed by atoms with Crippen LogP contribution >= 0.6 is 0 Å². The van der Waals surface area contributed by atoms with Crippen LogP contribution in [0.25, 0.3) is 0 Å². The van der Waals surface area contributed by atoms with Gasteiger partial charge in [0.2, 0.25) is 6.79 Å². The van der Waals surface area contributed by atoms with Gasteiger partial charge in [-0.25, -0.2) is 0 Å². The minimum Gasteiger partial charge on any atom is -0.481 e. The summed E-state index contributed by atoms with van der Waals surface area (Å²) in [5.74, 6) is -1.49. The third-order valence-electron chi connectivity index (χ3n) is 3.90. The number of carboxylic acid groups (broad SMARTS) is 2. The van der Waals surface area contributed by atoms with Gasteiger partial charge in [0.1, 0.15) is 0 Å². The van der Waals surface area contributed by atoms with E-state index >= 15 is 0 Å². The van der Waals surface area contributed by atoms with Gasteiger partial charge in [0.25, 0.3) is 0 Å². The molecule has 0 radical (unpaired) electrons. The van der Waals surface area contributed by atoms with Crippen molar-refractivity contribution in [2.24, 2.45) is 5.92 Å². The molecule has 112 valence electrons. The number of rotatable bonds is 4. The maximum atomic E-state index is 11.4. The van der Waals surface area contributed by atoms with Crippen LogP contribution in [0, 0.1) is 5.92 Å². The van der Waals surface area contributed by atoms with Gasteiger partial charge in [-0.15, -0.1) is 0 Å². The number of aliphatic carboxylic acids is 2. The summed E-state index contributed by atoms with van der Waals surface area (Å²) in [6.07, 6.45) is 0. The molecule has 0 bridgehead atoms. The number of carboxylic acids is 2. The first kappa shape index (κ1) is 13.7. The number of nitrogens with zero attached hydrogens (tertiary/aromatic N) is 1. The van der Waals surface area contributed by atoms with Crippen molar-refractivity contribution in [3.63, 3.8) is 0 Å². The Kier molecular flexibility index (Phi) is 3.42. The lowest BCUT2D eigenvalue weighted by Crippen LogP contribution is -2.28. The molecule has 2 atom stereocenters. The van der Waals surface area contributed by atoms with E-state index in [2.05, 4.69) is 0 Å². The number of benzene rings is 1. The van der Waals surface area contributed by atoms with Crippen molar-refractivity contribution in [1.82, 2.24) is 4.90 Å². The van der Waals surface area contributed by atoms with Crippen LogP contribution < -0.4 is 9.47 Å². The molecule has 2 aliphatic heterocycles. The first-order valence-corrected chi connectivity index (χ1v) is 6.61. The van der Waals surface area contributed by atoms with E-state index in [4.69, 9.17) is 14.6 Å². The molecule has 21 heavy (non-hydrogen) atoms. The average molecular weight is 293 g/mol. The lowest BCUT2D eigenvalue weighted by atomic mass is 9.89. The maximum absolute atomic E-state index is 11.4. The number of likely N-dealkylation sites (tertiary alicyclic amines) is 1. The van der Waals surface area contributed by atoms with Gasteiger partial charge in [-0.2, -0.15) is 0 Å². The van der Waals surface area contributed by atoms with Gasteiger partial charge in [-0.05, 0) is 17.7 Å². The maximum Gasteiger partial charge on any atom is 0.317 e. The Morgan fingerprint density at radius 2 is 1.95 bits per heavy atom. The van der Waals surface area contributed by atoms with Crippen LogP contribution in [0.15, 0.2) is 18.2 Å². The SMILES string of the molecule is O=C(O)CN1C[C@H](C(=O)O)[C@@H](c2ccc3c(c2)OCO3)C1. The highest BCUT2D eigenvalue weighted by Crippen LogP contribution is 2.39. The van der Waals surface area contributed by atoms with E-state index in [-0.39, 0.29) is 25.8 Å². The molecule has 2 N–H and O–H groups in total. The summed E-state index contributed by atoms with van der Waals surface area (Å²) in [5, 5.41) is 18.2. The normalized spacial score (nSPS) is 24.2. The van der Waals surface area contributed by atoms with E-state index in [0.29, 0.717) is 18.0 Å². The molecule has 3 rings (SSSR count). The van der Waals surface area contributed by atoms with Gasteiger partial charge in [0, 0.05) is 19.0 Å². The molecule has 1 aromatic rings. The van der Waals surface area contributed by atoms with Crippen molar-refractivity contribution in [2.75, 3.05) is 26.4 Å². The van der Waals surface area contributed by atoms with E-state index in [1.807, 2.05) is 6.07 Å². The van der Waals surface area contributed by atoms with Gasteiger partial charge < -0.3 is 19.7 Å². The van der Waals surface area contributed by atoms with Crippen molar-refractivity contribution < 1.29 is 29.3 Å². The van der Waals surface area contributed by atoms with Crippen LogP contribution in [-0.2, 0) is 9.59 Å². The topological polar surface area (TPSA) is 96.3 Å². The van der Waals surface area contributed by atoms with Gasteiger partial charge in [-0.3, -0.25) is 14.5 Å². The molecule has 2 aliphatic rings. The van der Waals surface area contributed by atoms with Gasteiger partial charge in [0.05, 0.1) is 12.5 Å². The van der Waals surface area contributed by atoms with E-state index in [1.165, 1.54) is 0 Å². The van der Waals surface area contributed by atoms with Crippen molar-refractivity contribution in [2.45, 2.75) is 5.92 Å². The summed E-state index contributed by atoms with van der Waals surface area (Å²) < 4.78 is 10.5. The second-order valence-corrected chi connectivity index (χ2v) is 5.25. The zero-order valence-corrected chi connectivity index (χ0v) is 11.2. The van der Waals surface area contributed by atoms with Gasteiger partial charge in [-0.1, -0.05) is 6.07 Å². The molecule has 0 spiro atoms. The lowest BCUT2D eigenvalue weighted by Gasteiger charge is -2.15. The van der Waals surface area contributed by atoms with Crippen LogP contribution in [0.5, 0.6) is 11.5 Å². The van der Waals surface area contributed by atoms with E-state index in [9.17, 15) is 14.7 Å². The summed E-state index contributed by atoms with van der Waals surface area (Å²) in [7, 11) is 0. The molecule has 2 heterocycles. The quantitative estimate of drug-likeness (QED) is 0.839. The van der Waals surface area contributed by atoms with Crippen LogP contribution in [-0.4, -0.2) is 53.5 Å². The zero-order chi connectivity index (χ0) is 15.0. The Balaban J connectivity index is 1.84. The highest BCUT2D eigenvalue weighted by Gasteiger charge is 2.39. The van der Waals surface area contributed by atoms with Crippen LogP contribution in [0.4, 0.5) is 0 Å². The largest absolute Gasteiger partial charge is 0.481 e. The van der Waals surface area contributed by atoms with Crippen molar-refractivity contribution in [3.05, 3.63) is 23.8 Å². The predicted octanol–water partition coefficient (Wildman–Crippen LogP) is 0.600. The molecule has 7 nitrogen and oxygen atoms in total. The van der Waals surface area contributed by atoms with Gasteiger partial charge in [0.15, 0.2) is 11.5 Å². The lowest BCUT2D eigenvalue weighted by molar-refractivity contribution is -0.142. The molecule has 0 saturated carbocycles. The fourth-order valence-electron chi connectivity index (χ4n) is 2.94. The second kappa shape index (κ2) is 5.25. The molecule has 1 saturated heterocycles. The fourth-order valence-corrected chi connectivity index (χ4v) is 2.94. The standard InChI is InChI=1S/C14H15NO6/c16-13(17)6-15-4-9(10(5-15)14(18)19)8-1-2-11-12(3-8)21-7-20-11/h1-3,9-10H,4-7H2,(H,16,17)(H,18,19)/t9-,10+/m1/s1. The summed E-state index contributed by atoms with van der Waals surface area (Å²) in [6.45, 7) is 0.658. The molecule has 1 fully saturated rings. The van der Waals surface area contributed by atoms with E-state index in [1.54, 1.807) is 17.0 Å². The summed E-state index contributed by atoms with van der Waals surface area (Å²) >= 11 is 0. The third kappa shape index (κ3) is 2.64. The van der Waals surface area contributed by atoms with E-state index in [0.717, 1.165) is 5.56 Å². The minimum absolute atomic E-state index is 0.148. The van der Waals surface area contributed by atoms with Crippen molar-refractivity contribution >= 4 is 11.9 Å². The van der Waals surface area contributed by atoms with Gasteiger partial charge >= 0.3 is 11.9 Å². The fraction of sp³-hybridized carbons (Fsp3) is 0.429. The highest BCUT2D eigenvalue weighted by molar-refractivity contribution is 5.73. The molecule has 0 aromatic heterocycles. The predicted molar refractivity (Wildman–Crippen MR) is 70.5 cm³/mol. The summed E-state index contributed by atoms with van der Waals surface area (Å²) in [6, 6.07) is 5.36. The minimum atomic E-state index is -0.953. The molecule has 7 heteroatoms. The van der Waals surface area contributed by atoms with Crippen LogP contribution in [0.2, 0.25) is 0 Å². The molecular formula is C14H15NO6. The monoisotopic (exact) mass is 293 g/mol. The first-order chi connectivity index (χ1) is 10.0. The molecule has 0 aliphatic carbocycles. The molecule has 0 unspecified atom stereocenters. The highest BCUT2D eigenvalue weighted by atomic mass is 16.7. The van der Waals surface area contributed by atoms with E-state index < -0.39 is 17.9 Å². The van der Waals surface area contributed by atoms with Crippen LogP contribution in [0.1, 0.15) is 11.5 Å². The van der Waals surface area contributed by atoms with Crippen LogP contribution in [0.3, 0.4) is 0 Å². The number of ether oxygens (including phenoxy) is 2. The smallest absolute Gasteiger partial charge is 0.317 e. The Morgan fingerprint density at radius 1 is 1.19 bits per heavy atom. The Bertz CT molecular complexity index is 587. The Morgan fingerprint density at radius 3 is 2.67 bits per heavy atom. The number of carbonyl (C=O) groups is 2. The third-order valence-corrected chi connectivity index (χ3v) is 3.90. The second-order valence-electron chi connectivity index (χ2n) is 5.25. The molecule has 1 aromatic carbocycles. The first-order valence-electron chi connectivity index (χ1n) is 6.61. The number of hydrogen-bond donors (Lipinski definition) is 2. The number of fused-ring (bicyclic) bond motifs is 1. The van der Waals surface area contributed by atoms with Crippen molar-refractivity contribution in [3.8, 4) is 11.5 Å². The molecular weight excluding hydrogens is 278 g/mol. The summed E-state index contributed by atoms with van der Waals surface area (Å²) in [4.78, 5) is 23.9. The molecule has 0 amide bonds. The average Bonchev–Trinajstić information content (AvgIpc) is 3.02. The van der Waals surface area contributed by atoms with Crippen molar-refractivity contribution in [1.29, 1.82) is 0 Å². The Hall–Kier alpha value is -2.28. The number of hydrogen-bond acceptors (Lipinski definition) is 5. The Labute approximate surface area is 120 Å². The summed E-state index contributed by atoms with van der Waals surface area (Å²) in [5.41, 5.74) is 0.833. The zero-order valence-electron chi connectivity index (χ0n) is 11.2.